The monoisotopic (exact) mass is 329 g/mol. The van der Waals surface area contributed by atoms with Crippen LogP contribution in [0.3, 0.4) is 0 Å². The zero-order valence-electron chi connectivity index (χ0n) is 10.0. The molecule has 1 aromatic carbocycles. The van der Waals surface area contributed by atoms with E-state index >= 15 is 0 Å². The Balaban J connectivity index is 1.94. The summed E-state index contributed by atoms with van der Waals surface area (Å²) >= 11 is 3.27. The van der Waals surface area contributed by atoms with Crippen molar-refractivity contribution in [3.05, 3.63) is 34.1 Å². The minimum Gasteiger partial charge on any atom is -0.481 e. The van der Waals surface area contributed by atoms with Gasteiger partial charge in [0.25, 0.3) is 0 Å². The number of amides is 1. The molecule has 102 valence electrons. The molecule has 1 aliphatic carbocycles. The van der Waals surface area contributed by atoms with Gasteiger partial charge in [-0.3, -0.25) is 9.59 Å². The zero-order chi connectivity index (χ0) is 14.0. The van der Waals surface area contributed by atoms with Gasteiger partial charge in [0.15, 0.2) is 0 Å². The predicted molar refractivity (Wildman–Crippen MR) is 69.8 cm³/mol. The van der Waals surface area contributed by atoms with E-state index in [9.17, 15) is 14.0 Å². The van der Waals surface area contributed by atoms with Crippen molar-refractivity contribution in [2.75, 3.05) is 0 Å². The molecule has 2 rings (SSSR count). The first kappa shape index (κ1) is 14.0. The van der Waals surface area contributed by atoms with Gasteiger partial charge in [0, 0.05) is 11.0 Å². The normalized spacial score (nSPS) is 21.6. The number of nitrogens with one attached hydrogen (secondary N) is 1. The second-order valence-electron chi connectivity index (χ2n) is 4.58. The Labute approximate surface area is 118 Å². The van der Waals surface area contributed by atoms with Crippen LogP contribution in [0, 0.1) is 17.7 Å². The molecule has 1 saturated carbocycles. The summed E-state index contributed by atoms with van der Waals surface area (Å²) in [5.74, 6) is -2.64. The van der Waals surface area contributed by atoms with Gasteiger partial charge in [-0.05, 0) is 36.6 Å². The molecule has 1 aliphatic rings. The molecule has 4 nitrogen and oxygen atoms in total. The molecule has 0 aromatic heterocycles. The molecule has 0 spiro atoms. The number of halogens is 2. The van der Waals surface area contributed by atoms with Gasteiger partial charge in [-0.1, -0.05) is 15.9 Å². The first-order valence-electron chi connectivity index (χ1n) is 5.93. The van der Waals surface area contributed by atoms with Gasteiger partial charge < -0.3 is 10.4 Å². The molecule has 1 fully saturated rings. The molecule has 1 amide bonds. The number of carbonyl (C=O) groups is 2. The van der Waals surface area contributed by atoms with Crippen LogP contribution in [0.25, 0.3) is 0 Å². The molecule has 0 saturated heterocycles. The second-order valence-corrected chi connectivity index (χ2v) is 5.44. The van der Waals surface area contributed by atoms with Crippen LogP contribution in [0.5, 0.6) is 0 Å². The summed E-state index contributed by atoms with van der Waals surface area (Å²) in [5.41, 5.74) is 0.625. The van der Waals surface area contributed by atoms with Crippen LogP contribution in [0.15, 0.2) is 22.7 Å². The molecule has 19 heavy (non-hydrogen) atoms. The molecule has 1 aromatic rings. The van der Waals surface area contributed by atoms with E-state index in [1.807, 2.05) is 0 Å². The summed E-state index contributed by atoms with van der Waals surface area (Å²) in [5, 5.41) is 11.5. The summed E-state index contributed by atoms with van der Waals surface area (Å²) in [6, 6.07) is 4.22. The summed E-state index contributed by atoms with van der Waals surface area (Å²) in [7, 11) is 0. The third kappa shape index (κ3) is 3.12. The van der Waals surface area contributed by atoms with Crippen LogP contribution >= 0.6 is 15.9 Å². The summed E-state index contributed by atoms with van der Waals surface area (Å²) in [4.78, 5) is 22.7. The highest BCUT2D eigenvalue weighted by Crippen LogP contribution is 2.34. The van der Waals surface area contributed by atoms with Crippen LogP contribution in [-0.4, -0.2) is 17.0 Å². The smallest absolute Gasteiger partial charge is 0.307 e. The second kappa shape index (κ2) is 5.69. The highest BCUT2D eigenvalue weighted by molar-refractivity contribution is 9.10. The zero-order valence-corrected chi connectivity index (χ0v) is 11.6. The number of carbonyl (C=O) groups excluding carboxylic acids is 1. The fourth-order valence-corrected chi connectivity index (χ4v) is 2.49. The Morgan fingerprint density at radius 1 is 1.37 bits per heavy atom. The van der Waals surface area contributed by atoms with Crippen molar-refractivity contribution in [3.63, 3.8) is 0 Å². The van der Waals surface area contributed by atoms with Gasteiger partial charge in [-0.2, -0.15) is 0 Å². The number of hydrogen-bond acceptors (Lipinski definition) is 2. The Morgan fingerprint density at radius 3 is 2.63 bits per heavy atom. The average molecular weight is 330 g/mol. The lowest BCUT2D eigenvalue weighted by Gasteiger charge is -2.31. The SMILES string of the molecule is O=C(O)C1CCC1C(=O)NCc1cc(F)ccc1Br. The van der Waals surface area contributed by atoms with E-state index in [2.05, 4.69) is 21.2 Å². The molecule has 0 bridgehead atoms. The summed E-state index contributed by atoms with van der Waals surface area (Å²) in [6.45, 7) is 0.181. The van der Waals surface area contributed by atoms with Gasteiger partial charge >= 0.3 is 5.97 Å². The van der Waals surface area contributed by atoms with Crippen molar-refractivity contribution >= 4 is 27.8 Å². The molecule has 0 aliphatic heterocycles. The van der Waals surface area contributed by atoms with Gasteiger partial charge in [-0.25, -0.2) is 4.39 Å². The molecule has 2 unspecified atom stereocenters. The number of benzene rings is 1. The topological polar surface area (TPSA) is 66.4 Å². The van der Waals surface area contributed by atoms with Crippen molar-refractivity contribution in [1.29, 1.82) is 0 Å². The molecule has 0 radical (unpaired) electrons. The van der Waals surface area contributed by atoms with Crippen molar-refractivity contribution in [2.45, 2.75) is 19.4 Å². The Hall–Kier alpha value is -1.43. The number of rotatable bonds is 4. The van der Waals surface area contributed by atoms with Crippen molar-refractivity contribution < 1.29 is 19.1 Å². The van der Waals surface area contributed by atoms with Gasteiger partial charge in [0.2, 0.25) is 5.91 Å². The number of carboxylic acids is 1. The fourth-order valence-electron chi connectivity index (χ4n) is 2.10. The lowest BCUT2D eigenvalue weighted by Crippen LogP contribution is -2.43. The Kier molecular flexibility index (Phi) is 4.19. The maximum atomic E-state index is 13.1. The standard InChI is InChI=1S/C13H13BrFNO3/c14-11-4-1-8(15)5-7(11)6-16-12(17)9-2-3-10(9)13(18)19/h1,4-5,9-10H,2-3,6H2,(H,16,17)(H,18,19). The van der Waals surface area contributed by atoms with Crippen molar-refractivity contribution in [2.24, 2.45) is 11.8 Å². The molecule has 6 heteroatoms. The average Bonchev–Trinajstić information content (AvgIpc) is 2.28. The minimum absolute atomic E-state index is 0.181. The van der Waals surface area contributed by atoms with E-state index in [-0.39, 0.29) is 18.3 Å². The quantitative estimate of drug-likeness (QED) is 0.890. The number of carboxylic acid groups (broad SMARTS) is 1. The highest BCUT2D eigenvalue weighted by atomic mass is 79.9. The number of hydrogen-bond donors (Lipinski definition) is 2. The highest BCUT2D eigenvalue weighted by Gasteiger charge is 2.41. The first-order valence-corrected chi connectivity index (χ1v) is 6.73. The third-order valence-electron chi connectivity index (χ3n) is 3.39. The molecule has 2 atom stereocenters. The molecular formula is C13H13BrFNO3. The van der Waals surface area contributed by atoms with Crippen LogP contribution in [0.2, 0.25) is 0 Å². The maximum absolute atomic E-state index is 13.1. The molecular weight excluding hydrogens is 317 g/mol. The van der Waals surface area contributed by atoms with Crippen LogP contribution in [-0.2, 0) is 16.1 Å². The van der Waals surface area contributed by atoms with E-state index in [4.69, 9.17) is 5.11 Å². The lowest BCUT2D eigenvalue weighted by molar-refractivity contribution is -0.152. The lowest BCUT2D eigenvalue weighted by atomic mass is 9.73. The van der Waals surface area contributed by atoms with Crippen molar-refractivity contribution in [1.82, 2.24) is 5.32 Å². The van der Waals surface area contributed by atoms with E-state index in [1.165, 1.54) is 12.1 Å². The molecule has 0 heterocycles. The van der Waals surface area contributed by atoms with E-state index < -0.39 is 17.8 Å². The van der Waals surface area contributed by atoms with E-state index in [0.717, 1.165) is 0 Å². The maximum Gasteiger partial charge on any atom is 0.307 e. The Bertz CT molecular complexity index is 521. The van der Waals surface area contributed by atoms with Crippen LogP contribution in [0.1, 0.15) is 18.4 Å². The summed E-state index contributed by atoms with van der Waals surface area (Å²) < 4.78 is 13.8. The fraction of sp³-hybridized carbons (Fsp3) is 0.385. The van der Waals surface area contributed by atoms with Gasteiger partial charge in [0.1, 0.15) is 5.82 Å². The largest absolute Gasteiger partial charge is 0.481 e. The first-order chi connectivity index (χ1) is 8.99. The van der Waals surface area contributed by atoms with E-state index in [1.54, 1.807) is 6.07 Å². The van der Waals surface area contributed by atoms with Gasteiger partial charge in [0.05, 0.1) is 11.8 Å². The summed E-state index contributed by atoms with van der Waals surface area (Å²) in [6.07, 6.45) is 1.13. The van der Waals surface area contributed by atoms with Gasteiger partial charge in [-0.15, -0.1) is 0 Å². The minimum atomic E-state index is -0.932. The predicted octanol–water partition coefficient (Wildman–Crippen LogP) is 2.32. The van der Waals surface area contributed by atoms with Crippen LogP contribution in [0.4, 0.5) is 4.39 Å². The Morgan fingerprint density at radius 2 is 2.05 bits per heavy atom. The van der Waals surface area contributed by atoms with Crippen LogP contribution < -0.4 is 5.32 Å². The van der Waals surface area contributed by atoms with E-state index in [0.29, 0.717) is 22.9 Å². The third-order valence-corrected chi connectivity index (χ3v) is 4.16. The molecule has 2 N–H and O–H groups in total. The van der Waals surface area contributed by atoms with Crippen molar-refractivity contribution in [3.8, 4) is 0 Å². The number of aliphatic carboxylic acids is 1.